The second-order valence-corrected chi connectivity index (χ2v) is 8.90. The van der Waals surface area contributed by atoms with Crippen LogP contribution < -0.4 is 0 Å². The number of aryl methyl sites for hydroxylation is 1. The minimum atomic E-state index is 0.0508. The monoisotopic (exact) mass is 410 g/mol. The Balaban J connectivity index is 1.90. The average molecular weight is 411 g/mol. The molecule has 3 aromatic rings. The number of carbonyl (C=O) groups excluding carboxylic acids is 1. The molecule has 0 aliphatic rings. The zero-order valence-corrected chi connectivity index (χ0v) is 18.6. The van der Waals surface area contributed by atoms with Crippen LogP contribution in [0.5, 0.6) is 0 Å². The number of pyridine rings is 1. The Morgan fingerprint density at radius 2 is 1.93 bits per heavy atom. The predicted octanol–water partition coefficient (Wildman–Crippen LogP) is 5.25. The fourth-order valence-corrected chi connectivity index (χ4v) is 4.12. The molecule has 0 unspecified atom stereocenters. The van der Waals surface area contributed by atoms with Crippen molar-refractivity contribution in [2.45, 2.75) is 52.1 Å². The average Bonchev–Trinajstić information content (AvgIpc) is 3.05. The van der Waals surface area contributed by atoms with Crippen LogP contribution in [0.15, 0.2) is 47.5 Å². The van der Waals surface area contributed by atoms with Crippen LogP contribution in [0, 0.1) is 5.92 Å². The van der Waals surface area contributed by atoms with E-state index in [-0.39, 0.29) is 5.91 Å². The molecule has 2 heterocycles. The molecule has 3 rings (SSSR count). The van der Waals surface area contributed by atoms with E-state index in [0.717, 1.165) is 41.3 Å². The molecule has 0 aliphatic carbocycles. The van der Waals surface area contributed by atoms with Gasteiger partial charge in [0, 0.05) is 29.7 Å². The van der Waals surface area contributed by atoms with Gasteiger partial charge in [-0.25, -0.2) is 9.97 Å². The number of hydrogen-bond donors (Lipinski definition) is 0. The summed E-state index contributed by atoms with van der Waals surface area (Å²) in [4.78, 5) is 25.7. The first-order valence-corrected chi connectivity index (χ1v) is 11.3. The van der Waals surface area contributed by atoms with Crippen LogP contribution in [0.25, 0.3) is 11.2 Å². The number of aromatic nitrogens is 3. The summed E-state index contributed by atoms with van der Waals surface area (Å²) in [5.74, 6) is 2.34. The zero-order chi connectivity index (χ0) is 20.8. The molecule has 2 aromatic heterocycles. The van der Waals surface area contributed by atoms with E-state index >= 15 is 0 Å². The highest BCUT2D eigenvalue weighted by molar-refractivity contribution is 7.99. The zero-order valence-electron chi connectivity index (χ0n) is 17.8. The van der Waals surface area contributed by atoms with Gasteiger partial charge in [0.1, 0.15) is 11.3 Å². The van der Waals surface area contributed by atoms with Crippen molar-refractivity contribution in [1.29, 1.82) is 0 Å². The summed E-state index contributed by atoms with van der Waals surface area (Å²) in [7, 11) is 0. The van der Waals surface area contributed by atoms with Gasteiger partial charge in [-0.05, 0) is 54.5 Å². The first kappa shape index (κ1) is 21.4. The quantitative estimate of drug-likeness (QED) is 0.452. The maximum atomic E-state index is 13.3. The van der Waals surface area contributed by atoms with Crippen LogP contribution in [-0.4, -0.2) is 37.6 Å². The molecule has 154 valence electrons. The standard InChI is InChI=1S/C23H30N4OS/c1-5-14-27-21(25-20-8-7-13-24-22(20)27)16-26(15-17(3)4)23(28)18-9-11-19(12-10-18)29-6-2/h7-13,17H,5-6,14-16H2,1-4H3. The van der Waals surface area contributed by atoms with E-state index in [2.05, 4.69) is 37.2 Å². The van der Waals surface area contributed by atoms with Gasteiger partial charge >= 0.3 is 0 Å². The molecule has 1 aromatic carbocycles. The molecule has 0 atom stereocenters. The summed E-state index contributed by atoms with van der Waals surface area (Å²) in [6, 6.07) is 11.8. The van der Waals surface area contributed by atoms with Crippen molar-refractivity contribution in [2.24, 2.45) is 5.92 Å². The molecule has 0 fully saturated rings. The molecular formula is C23H30N4OS. The number of hydrogen-bond acceptors (Lipinski definition) is 4. The number of amides is 1. The minimum Gasteiger partial charge on any atom is -0.331 e. The molecule has 0 saturated heterocycles. The lowest BCUT2D eigenvalue weighted by Crippen LogP contribution is -2.34. The molecular weight excluding hydrogens is 380 g/mol. The van der Waals surface area contributed by atoms with Gasteiger partial charge in [-0.1, -0.05) is 27.7 Å². The van der Waals surface area contributed by atoms with Gasteiger partial charge < -0.3 is 9.47 Å². The normalized spacial score (nSPS) is 11.3. The van der Waals surface area contributed by atoms with Crippen LogP contribution >= 0.6 is 11.8 Å². The number of benzene rings is 1. The molecule has 0 saturated carbocycles. The van der Waals surface area contributed by atoms with Crippen LogP contribution in [0.4, 0.5) is 0 Å². The van der Waals surface area contributed by atoms with Gasteiger partial charge in [-0.3, -0.25) is 4.79 Å². The van der Waals surface area contributed by atoms with Crippen molar-refractivity contribution in [3.8, 4) is 0 Å². The topological polar surface area (TPSA) is 51.0 Å². The lowest BCUT2D eigenvalue weighted by atomic mass is 10.1. The number of imidazole rings is 1. The molecule has 0 bridgehead atoms. The molecule has 0 N–H and O–H groups in total. The molecule has 0 aliphatic heterocycles. The third-order valence-electron chi connectivity index (χ3n) is 4.65. The van der Waals surface area contributed by atoms with E-state index in [1.54, 1.807) is 18.0 Å². The Kier molecular flexibility index (Phi) is 7.31. The molecule has 29 heavy (non-hydrogen) atoms. The van der Waals surface area contributed by atoms with Gasteiger partial charge in [-0.15, -0.1) is 11.8 Å². The summed E-state index contributed by atoms with van der Waals surface area (Å²) in [5, 5.41) is 0. The summed E-state index contributed by atoms with van der Waals surface area (Å²) in [5.41, 5.74) is 2.50. The van der Waals surface area contributed by atoms with Crippen molar-refractivity contribution in [3.05, 3.63) is 54.0 Å². The van der Waals surface area contributed by atoms with Crippen LogP contribution in [0.3, 0.4) is 0 Å². The number of fused-ring (bicyclic) bond motifs is 1. The summed E-state index contributed by atoms with van der Waals surface area (Å²) in [6.07, 6.45) is 2.79. The summed E-state index contributed by atoms with van der Waals surface area (Å²) >= 11 is 1.78. The predicted molar refractivity (Wildman–Crippen MR) is 120 cm³/mol. The Labute approximate surface area is 177 Å². The Hall–Kier alpha value is -2.34. The molecule has 5 nitrogen and oxygen atoms in total. The highest BCUT2D eigenvalue weighted by Crippen LogP contribution is 2.21. The van der Waals surface area contributed by atoms with Crippen LogP contribution in [0.2, 0.25) is 0 Å². The summed E-state index contributed by atoms with van der Waals surface area (Å²) in [6.45, 7) is 10.6. The van der Waals surface area contributed by atoms with Crippen molar-refractivity contribution in [2.75, 3.05) is 12.3 Å². The number of carbonyl (C=O) groups is 1. The van der Waals surface area contributed by atoms with Gasteiger partial charge in [0.2, 0.25) is 0 Å². The van der Waals surface area contributed by atoms with E-state index in [1.165, 1.54) is 4.90 Å². The smallest absolute Gasteiger partial charge is 0.254 e. The minimum absolute atomic E-state index is 0.0508. The van der Waals surface area contributed by atoms with Gasteiger partial charge in [0.25, 0.3) is 5.91 Å². The largest absolute Gasteiger partial charge is 0.331 e. The third kappa shape index (κ3) is 5.18. The van der Waals surface area contributed by atoms with E-state index in [4.69, 9.17) is 4.98 Å². The maximum Gasteiger partial charge on any atom is 0.254 e. The molecule has 0 radical (unpaired) electrons. The van der Waals surface area contributed by atoms with Crippen LogP contribution in [-0.2, 0) is 13.1 Å². The van der Waals surface area contributed by atoms with Crippen LogP contribution in [0.1, 0.15) is 50.3 Å². The first-order valence-electron chi connectivity index (χ1n) is 10.4. The molecule has 1 amide bonds. The van der Waals surface area contributed by atoms with E-state index in [9.17, 15) is 4.79 Å². The second kappa shape index (κ2) is 9.92. The number of nitrogens with zero attached hydrogens (tertiary/aromatic N) is 4. The third-order valence-corrected chi connectivity index (χ3v) is 5.54. The lowest BCUT2D eigenvalue weighted by molar-refractivity contribution is 0.0716. The Morgan fingerprint density at radius 3 is 2.59 bits per heavy atom. The Morgan fingerprint density at radius 1 is 1.17 bits per heavy atom. The van der Waals surface area contributed by atoms with Gasteiger partial charge in [-0.2, -0.15) is 0 Å². The van der Waals surface area contributed by atoms with Gasteiger partial charge in [0.15, 0.2) is 5.65 Å². The Bertz CT molecular complexity index is 949. The van der Waals surface area contributed by atoms with Gasteiger partial charge in [0.05, 0.1) is 6.54 Å². The van der Waals surface area contributed by atoms with E-state index < -0.39 is 0 Å². The fraction of sp³-hybridized carbons (Fsp3) is 0.435. The highest BCUT2D eigenvalue weighted by atomic mass is 32.2. The van der Waals surface area contributed by atoms with Crippen molar-refractivity contribution < 1.29 is 4.79 Å². The van der Waals surface area contributed by atoms with E-state index in [0.29, 0.717) is 19.0 Å². The SMILES string of the molecule is CCCn1c(CN(CC(C)C)C(=O)c2ccc(SCC)cc2)nc2cccnc21. The van der Waals surface area contributed by atoms with Crippen molar-refractivity contribution in [3.63, 3.8) is 0 Å². The van der Waals surface area contributed by atoms with E-state index in [1.807, 2.05) is 41.3 Å². The number of thioether (sulfide) groups is 1. The maximum absolute atomic E-state index is 13.3. The number of rotatable bonds is 9. The molecule has 6 heteroatoms. The highest BCUT2D eigenvalue weighted by Gasteiger charge is 2.21. The second-order valence-electron chi connectivity index (χ2n) is 7.56. The first-order chi connectivity index (χ1) is 14.0. The van der Waals surface area contributed by atoms with Crippen molar-refractivity contribution >= 4 is 28.8 Å². The molecule has 0 spiro atoms. The fourth-order valence-electron chi connectivity index (χ4n) is 3.46. The van der Waals surface area contributed by atoms with Crippen molar-refractivity contribution in [1.82, 2.24) is 19.4 Å². The summed E-state index contributed by atoms with van der Waals surface area (Å²) < 4.78 is 2.15. The lowest BCUT2D eigenvalue weighted by Gasteiger charge is -2.25.